The van der Waals surface area contributed by atoms with Gasteiger partial charge in [-0.2, -0.15) is 0 Å². The van der Waals surface area contributed by atoms with Gasteiger partial charge >= 0.3 is 0 Å². The predicted octanol–water partition coefficient (Wildman–Crippen LogP) is 3.87. The summed E-state index contributed by atoms with van der Waals surface area (Å²) < 4.78 is 6.66. The van der Waals surface area contributed by atoms with Gasteiger partial charge in [0.2, 0.25) is 0 Å². The Morgan fingerprint density at radius 2 is 1.90 bits per heavy atom. The number of hydrogen-bond acceptors (Lipinski definition) is 3. The van der Waals surface area contributed by atoms with Crippen LogP contribution in [-0.2, 0) is 6.42 Å². The van der Waals surface area contributed by atoms with Crippen LogP contribution in [-0.4, -0.2) is 31.6 Å². The molecule has 0 aliphatic carbocycles. The lowest BCUT2D eigenvalue weighted by Crippen LogP contribution is -2.36. The zero-order chi connectivity index (χ0) is 15.2. The SMILES string of the molecule is CC(Cc1ccc(Br)cc1)NCC(c1ccco1)N(C)C. The Morgan fingerprint density at radius 3 is 2.48 bits per heavy atom. The van der Waals surface area contributed by atoms with Crippen LogP contribution in [0.3, 0.4) is 0 Å². The highest BCUT2D eigenvalue weighted by Crippen LogP contribution is 2.18. The first-order chi connectivity index (χ1) is 10.1. The largest absolute Gasteiger partial charge is 0.468 e. The molecule has 1 aromatic carbocycles. The van der Waals surface area contributed by atoms with Gasteiger partial charge in [0, 0.05) is 17.1 Å². The van der Waals surface area contributed by atoms with Crippen LogP contribution in [0.4, 0.5) is 0 Å². The number of furan rings is 1. The lowest BCUT2D eigenvalue weighted by molar-refractivity contribution is 0.245. The van der Waals surface area contributed by atoms with E-state index in [1.807, 2.05) is 12.1 Å². The van der Waals surface area contributed by atoms with E-state index in [2.05, 4.69) is 71.4 Å². The zero-order valence-electron chi connectivity index (χ0n) is 12.8. The van der Waals surface area contributed by atoms with Crippen molar-refractivity contribution in [2.75, 3.05) is 20.6 Å². The van der Waals surface area contributed by atoms with E-state index in [9.17, 15) is 0 Å². The summed E-state index contributed by atoms with van der Waals surface area (Å²) in [7, 11) is 4.16. The highest BCUT2D eigenvalue weighted by molar-refractivity contribution is 9.10. The minimum Gasteiger partial charge on any atom is -0.468 e. The van der Waals surface area contributed by atoms with Crippen molar-refractivity contribution >= 4 is 15.9 Å². The smallest absolute Gasteiger partial charge is 0.122 e. The first-order valence-corrected chi connectivity index (χ1v) is 8.03. The average Bonchev–Trinajstić information content (AvgIpc) is 2.95. The molecule has 2 unspecified atom stereocenters. The molecule has 0 fully saturated rings. The maximum atomic E-state index is 5.53. The fourth-order valence-corrected chi connectivity index (χ4v) is 2.64. The monoisotopic (exact) mass is 350 g/mol. The molecule has 2 aromatic rings. The zero-order valence-corrected chi connectivity index (χ0v) is 14.4. The van der Waals surface area contributed by atoms with Gasteiger partial charge < -0.3 is 9.73 Å². The van der Waals surface area contributed by atoms with E-state index in [-0.39, 0.29) is 6.04 Å². The number of halogens is 1. The highest BCUT2D eigenvalue weighted by atomic mass is 79.9. The van der Waals surface area contributed by atoms with Crippen molar-refractivity contribution in [1.29, 1.82) is 0 Å². The quantitative estimate of drug-likeness (QED) is 0.821. The molecule has 2 atom stereocenters. The molecule has 4 heteroatoms. The summed E-state index contributed by atoms with van der Waals surface area (Å²) in [5.74, 6) is 1.00. The lowest BCUT2D eigenvalue weighted by Gasteiger charge is -2.25. The molecule has 1 heterocycles. The van der Waals surface area contributed by atoms with Gasteiger partial charge in [0.15, 0.2) is 0 Å². The van der Waals surface area contributed by atoms with Gasteiger partial charge in [-0.25, -0.2) is 0 Å². The van der Waals surface area contributed by atoms with Crippen molar-refractivity contribution in [2.45, 2.75) is 25.4 Å². The molecule has 0 amide bonds. The molecule has 0 aliphatic rings. The van der Waals surface area contributed by atoms with Gasteiger partial charge in [0.05, 0.1) is 12.3 Å². The first-order valence-electron chi connectivity index (χ1n) is 7.24. The summed E-state index contributed by atoms with van der Waals surface area (Å²) >= 11 is 3.47. The second kappa shape index (κ2) is 7.78. The van der Waals surface area contributed by atoms with Crippen molar-refractivity contribution in [1.82, 2.24) is 10.2 Å². The van der Waals surface area contributed by atoms with Crippen LogP contribution >= 0.6 is 15.9 Å². The van der Waals surface area contributed by atoms with Crippen molar-refractivity contribution in [3.8, 4) is 0 Å². The Bertz CT molecular complexity index is 522. The van der Waals surface area contributed by atoms with Gasteiger partial charge in [0.1, 0.15) is 5.76 Å². The van der Waals surface area contributed by atoms with Crippen LogP contribution in [0.15, 0.2) is 51.6 Å². The molecule has 2 rings (SSSR count). The van der Waals surface area contributed by atoms with E-state index in [0.29, 0.717) is 6.04 Å². The molecular weight excluding hydrogens is 328 g/mol. The number of likely N-dealkylation sites (N-methyl/N-ethyl adjacent to an activating group) is 1. The number of nitrogens with one attached hydrogen (secondary N) is 1. The highest BCUT2D eigenvalue weighted by Gasteiger charge is 2.17. The van der Waals surface area contributed by atoms with Crippen molar-refractivity contribution in [2.24, 2.45) is 0 Å². The molecule has 1 N–H and O–H groups in total. The number of hydrogen-bond donors (Lipinski definition) is 1. The first kappa shape index (κ1) is 16.3. The molecule has 0 bridgehead atoms. The minimum absolute atomic E-state index is 0.257. The van der Waals surface area contributed by atoms with Crippen molar-refractivity contribution < 1.29 is 4.42 Å². The molecule has 114 valence electrons. The minimum atomic E-state index is 0.257. The van der Waals surface area contributed by atoms with E-state index in [1.54, 1.807) is 6.26 Å². The summed E-state index contributed by atoms with van der Waals surface area (Å²) in [6, 6.07) is 13.2. The Morgan fingerprint density at radius 1 is 1.19 bits per heavy atom. The summed E-state index contributed by atoms with van der Waals surface area (Å²) in [5.41, 5.74) is 1.35. The van der Waals surface area contributed by atoms with Crippen molar-refractivity contribution in [3.05, 3.63) is 58.5 Å². The molecule has 0 aliphatic heterocycles. The molecule has 0 saturated heterocycles. The van der Waals surface area contributed by atoms with E-state index >= 15 is 0 Å². The van der Waals surface area contributed by atoms with Gasteiger partial charge in [-0.3, -0.25) is 4.90 Å². The van der Waals surface area contributed by atoms with Crippen LogP contribution in [0, 0.1) is 0 Å². The summed E-state index contributed by atoms with van der Waals surface area (Å²) in [5, 5.41) is 3.60. The molecule has 0 spiro atoms. The topological polar surface area (TPSA) is 28.4 Å². The molecule has 0 saturated carbocycles. The maximum Gasteiger partial charge on any atom is 0.122 e. The Hall–Kier alpha value is -1.10. The lowest BCUT2D eigenvalue weighted by atomic mass is 10.1. The van der Waals surface area contributed by atoms with Crippen LogP contribution in [0.2, 0.25) is 0 Å². The summed E-state index contributed by atoms with van der Waals surface area (Å²) in [6.07, 6.45) is 2.75. The van der Waals surface area contributed by atoms with Crippen LogP contribution in [0.5, 0.6) is 0 Å². The third-order valence-electron chi connectivity index (χ3n) is 3.61. The van der Waals surface area contributed by atoms with E-state index < -0.39 is 0 Å². The number of nitrogens with zero attached hydrogens (tertiary/aromatic N) is 1. The standard InChI is InChI=1S/C17H23BrN2O/c1-13(11-14-6-8-15(18)9-7-14)19-12-16(20(2)3)17-5-4-10-21-17/h4-10,13,16,19H,11-12H2,1-3H3. The van der Waals surface area contributed by atoms with Gasteiger partial charge in [0.25, 0.3) is 0 Å². The Kier molecular flexibility index (Phi) is 6.03. The Balaban J connectivity index is 1.87. The van der Waals surface area contributed by atoms with Gasteiger partial charge in [-0.1, -0.05) is 28.1 Å². The third-order valence-corrected chi connectivity index (χ3v) is 4.14. The average molecular weight is 351 g/mol. The van der Waals surface area contributed by atoms with Gasteiger partial charge in [-0.05, 0) is 57.3 Å². The summed E-state index contributed by atoms with van der Waals surface area (Å²) in [4.78, 5) is 2.18. The number of rotatable bonds is 7. The second-order valence-corrected chi connectivity index (χ2v) is 6.55. The Labute approximate surface area is 135 Å². The van der Waals surface area contributed by atoms with E-state index in [1.165, 1.54) is 5.56 Å². The van der Waals surface area contributed by atoms with Crippen molar-refractivity contribution in [3.63, 3.8) is 0 Å². The fourth-order valence-electron chi connectivity index (χ4n) is 2.38. The predicted molar refractivity (Wildman–Crippen MR) is 90.4 cm³/mol. The maximum absolute atomic E-state index is 5.53. The summed E-state index contributed by atoms with van der Waals surface area (Å²) in [6.45, 7) is 3.09. The molecule has 0 radical (unpaired) electrons. The third kappa shape index (κ3) is 4.99. The fraction of sp³-hybridized carbons (Fsp3) is 0.412. The van der Waals surface area contributed by atoms with Crippen LogP contribution in [0.25, 0.3) is 0 Å². The molecule has 21 heavy (non-hydrogen) atoms. The van der Waals surface area contributed by atoms with Crippen LogP contribution < -0.4 is 5.32 Å². The molecular formula is C17H23BrN2O. The molecule has 1 aromatic heterocycles. The number of benzene rings is 1. The second-order valence-electron chi connectivity index (χ2n) is 5.63. The normalized spacial score (nSPS) is 14.3. The van der Waals surface area contributed by atoms with E-state index in [0.717, 1.165) is 23.2 Å². The van der Waals surface area contributed by atoms with Gasteiger partial charge in [-0.15, -0.1) is 0 Å². The van der Waals surface area contributed by atoms with E-state index in [4.69, 9.17) is 4.42 Å². The van der Waals surface area contributed by atoms with Crippen LogP contribution in [0.1, 0.15) is 24.3 Å². The molecule has 3 nitrogen and oxygen atoms in total.